The van der Waals surface area contributed by atoms with Gasteiger partial charge in [0.15, 0.2) is 0 Å². The van der Waals surface area contributed by atoms with Crippen LogP contribution in [0.4, 0.5) is 26.3 Å². The van der Waals surface area contributed by atoms with Crippen LogP contribution >= 0.6 is 0 Å². The molecule has 1 fully saturated rings. The normalized spacial score (nSPS) is 22.6. The first-order valence-electron chi connectivity index (χ1n) is 5.68. The van der Waals surface area contributed by atoms with Gasteiger partial charge >= 0.3 is 12.4 Å². The van der Waals surface area contributed by atoms with Crippen LogP contribution in [-0.4, -0.2) is 37.4 Å². The molecule has 1 saturated heterocycles. The highest BCUT2D eigenvalue weighted by atomic mass is 19.4. The predicted molar refractivity (Wildman–Crippen MR) is 54.2 cm³/mol. The van der Waals surface area contributed by atoms with Gasteiger partial charge in [0.25, 0.3) is 0 Å². The molecule has 112 valence electrons. The lowest BCUT2D eigenvalue weighted by Gasteiger charge is -2.26. The number of alkyl halides is 6. The average Bonchev–Trinajstić information content (AvgIpc) is 2.63. The first-order valence-corrected chi connectivity index (χ1v) is 5.68. The van der Waals surface area contributed by atoms with E-state index in [-0.39, 0.29) is 5.92 Å². The van der Waals surface area contributed by atoms with Crippen LogP contribution in [0.5, 0.6) is 0 Å². The van der Waals surface area contributed by atoms with Gasteiger partial charge in [-0.1, -0.05) is 0 Å². The summed E-state index contributed by atoms with van der Waals surface area (Å²) in [5.41, 5.74) is 0. The van der Waals surface area contributed by atoms with E-state index in [4.69, 9.17) is 0 Å². The van der Waals surface area contributed by atoms with Crippen molar-refractivity contribution in [3.8, 4) is 0 Å². The number of halogens is 6. The highest BCUT2D eigenvalue weighted by Crippen LogP contribution is 2.39. The quantitative estimate of drug-likeness (QED) is 0.779. The Kier molecular flexibility index (Phi) is 4.70. The Hall–Kier alpha value is -0.990. The van der Waals surface area contributed by atoms with Crippen molar-refractivity contribution in [3.05, 3.63) is 0 Å². The van der Waals surface area contributed by atoms with Gasteiger partial charge in [-0.05, 0) is 32.4 Å². The Labute approximate surface area is 105 Å². The number of carbonyl (C=O) groups excluding carboxylic acids is 1. The van der Waals surface area contributed by atoms with Crippen molar-refractivity contribution in [2.45, 2.75) is 31.7 Å². The van der Waals surface area contributed by atoms with Crippen LogP contribution in [0.15, 0.2) is 0 Å². The molecule has 19 heavy (non-hydrogen) atoms. The molecule has 0 aromatic carbocycles. The summed E-state index contributed by atoms with van der Waals surface area (Å²) in [7, 11) is 0. The van der Waals surface area contributed by atoms with Crippen LogP contribution in [0.2, 0.25) is 0 Å². The van der Waals surface area contributed by atoms with Gasteiger partial charge in [0.1, 0.15) is 0 Å². The van der Waals surface area contributed by atoms with Crippen LogP contribution in [0.25, 0.3) is 0 Å². The summed E-state index contributed by atoms with van der Waals surface area (Å²) in [6, 6.07) is -0.741. The summed E-state index contributed by atoms with van der Waals surface area (Å²) in [4.78, 5) is 11.2. The lowest BCUT2D eigenvalue weighted by Crippen LogP contribution is -2.51. The topological polar surface area (TPSA) is 41.1 Å². The molecule has 2 unspecified atom stereocenters. The highest BCUT2D eigenvalue weighted by Gasteiger charge is 2.61. The lowest BCUT2D eigenvalue weighted by molar-refractivity contribution is -0.274. The molecule has 3 nitrogen and oxygen atoms in total. The second kappa shape index (κ2) is 5.56. The summed E-state index contributed by atoms with van der Waals surface area (Å²) < 4.78 is 73.8. The molecular formula is C10H14F6N2O. The Morgan fingerprint density at radius 2 is 1.74 bits per heavy atom. The monoisotopic (exact) mass is 292 g/mol. The van der Waals surface area contributed by atoms with Gasteiger partial charge in [0, 0.05) is 6.04 Å². The molecule has 9 heteroatoms. The maximum atomic E-state index is 12.3. The molecule has 1 aliphatic heterocycles. The van der Waals surface area contributed by atoms with E-state index < -0.39 is 30.2 Å². The third-order valence-electron chi connectivity index (χ3n) is 3.09. The minimum atomic E-state index is -5.64. The van der Waals surface area contributed by atoms with Gasteiger partial charge in [0.2, 0.25) is 11.8 Å². The van der Waals surface area contributed by atoms with Crippen LogP contribution in [0.1, 0.15) is 13.3 Å². The Balaban J connectivity index is 2.72. The van der Waals surface area contributed by atoms with Crippen LogP contribution in [0.3, 0.4) is 0 Å². The molecule has 0 saturated carbocycles. The summed E-state index contributed by atoms with van der Waals surface area (Å²) >= 11 is 0. The molecule has 0 aliphatic carbocycles. The van der Waals surface area contributed by atoms with E-state index in [0.717, 1.165) is 0 Å². The van der Waals surface area contributed by atoms with Crippen molar-refractivity contribution >= 4 is 5.91 Å². The average molecular weight is 292 g/mol. The predicted octanol–water partition coefficient (Wildman–Crippen LogP) is 1.84. The summed E-state index contributed by atoms with van der Waals surface area (Å²) in [6.45, 7) is 2.50. The fourth-order valence-electron chi connectivity index (χ4n) is 2.01. The highest BCUT2D eigenvalue weighted by molar-refractivity contribution is 5.80. The van der Waals surface area contributed by atoms with Gasteiger partial charge in [0.05, 0.1) is 0 Å². The molecule has 1 aliphatic rings. The van der Waals surface area contributed by atoms with Gasteiger partial charge in [-0.25, -0.2) is 0 Å². The third kappa shape index (κ3) is 4.26. The minimum absolute atomic E-state index is 0.161. The fourth-order valence-corrected chi connectivity index (χ4v) is 2.01. The number of rotatable bonds is 3. The van der Waals surface area contributed by atoms with Gasteiger partial charge < -0.3 is 10.6 Å². The zero-order valence-corrected chi connectivity index (χ0v) is 10.0. The van der Waals surface area contributed by atoms with Crippen LogP contribution in [-0.2, 0) is 4.79 Å². The van der Waals surface area contributed by atoms with E-state index in [1.807, 2.05) is 5.32 Å². The number of carbonyl (C=O) groups is 1. The zero-order chi connectivity index (χ0) is 14.8. The van der Waals surface area contributed by atoms with E-state index in [2.05, 4.69) is 5.32 Å². The Morgan fingerprint density at radius 1 is 1.21 bits per heavy atom. The fraction of sp³-hybridized carbons (Fsp3) is 0.900. The molecule has 1 rings (SSSR count). The first kappa shape index (κ1) is 16.1. The molecule has 0 aromatic rings. The Bertz CT molecular complexity index is 307. The molecule has 0 bridgehead atoms. The first-order chi connectivity index (χ1) is 8.53. The second-order valence-electron chi connectivity index (χ2n) is 4.57. The van der Waals surface area contributed by atoms with E-state index in [9.17, 15) is 31.1 Å². The molecule has 2 N–H and O–H groups in total. The van der Waals surface area contributed by atoms with Crippen LogP contribution in [0, 0.1) is 11.8 Å². The summed E-state index contributed by atoms with van der Waals surface area (Å²) in [5.74, 6) is -6.18. The SMILES string of the molecule is CC(NC(=O)C(C(F)(F)F)C(F)(F)F)C1CCNC1. The molecule has 1 heterocycles. The maximum absolute atomic E-state index is 12.3. The van der Waals surface area contributed by atoms with Gasteiger partial charge in [-0.3, -0.25) is 4.79 Å². The molecule has 0 aromatic heterocycles. The Morgan fingerprint density at radius 3 is 2.11 bits per heavy atom. The van der Waals surface area contributed by atoms with E-state index in [1.165, 1.54) is 6.92 Å². The van der Waals surface area contributed by atoms with E-state index >= 15 is 0 Å². The molecule has 0 spiro atoms. The standard InChI is InChI=1S/C10H14F6N2O/c1-5(6-2-3-17-4-6)18-8(19)7(9(11,12)13)10(14,15)16/h5-7,17H,2-4H2,1H3,(H,18,19). The van der Waals surface area contributed by atoms with E-state index in [1.54, 1.807) is 0 Å². The number of nitrogens with one attached hydrogen (secondary N) is 2. The van der Waals surface area contributed by atoms with Crippen molar-refractivity contribution in [3.63, 3.8) is 0 Å². The smallest absolute Gasteiger partial charge is 0.352 e. The van der Waals surface area contributed by atoms with Gasteiger partial charge in [-0.15, -0.1) is 0 Å². The van der Waals surface area contributed by atoms with Crippen molar-refractivity contribution in [2.24, 2.45) is 11.8 Å². The zero-order valence-electron chi connectivity index (χ0n) is 10.0. The van der Waals surface area contributed by atoms with Crippen molar-refractivity contribution in [1.82, 2.24) is 10.6 Å². The van der Waals surface area contributed by atoms with Crippen LogP contribution < -0.4 is 10.6 Å². The van der Waals surface area contributed by atoms with Gasteiger partial charge in [-0.2, -0.15) is 26.3 Å². The summed E-state index contributed by atoms with van der Waals surface area (Å²) in [6.07, 6.45) is -10.7. The molecular weight excluding hydrogens is 278 g/mol. The number of amides is 1. The third-order valence-corrected chi connectivity index (χ3v) is 3.09. The molecule has 0 radical (unpaired) electrons. The number of hydrogen-bond acceptors (Lipinski definition) is 2. The molecule has 2 atom stereocenters. The second-order valence-corrected chi connectivity index (χ2v) is 4.57. The lowest BCUT2D eigenvalue weighted by atomic mass is 9.99. The van der Waals surface area contributed by atoms with Crippen molar-refractivity contribution in [2.75, 3.05) is 13.1 Å². The van der Waals surface area contributed by atoms with Crippen molar-refractivity contribution < 1.29 is 31.1 Å². The molecule has 1 amide bonds. The van der Waals surface area contributed by atoms with Crippen molar-refractivity contribution in [1.29, 1.82) is 0 Å². The number of hydrogen-bond donors (Lipinski definition) is 2. The van der Waals surface area contributed by atoms with E-state index in [0.29, 0.717) is 19.5 Å². The minimum Gasteiger partial charge on any atom is -0.352 e. The maximum Gasteiger partial charge on any atom is 0.409 e. The largest absolute Gasteiger partial charge is 0.409 e. The summed E-state index contributed by atoms with van der Waals surface area (Å²) in [5, 5.41) is 4.74.